The maximum absolute atomic E-state index is 15.1. The van der Waals surface area contributed by atoms with Crippen LogP contribution in [0.2, 0.25) is 0 Å². The average Bonchev–Trinajstić information content (AvgIpc) is 3.60. The molecule has 0 spiro atoms. The molecule has 21 heteroatoms. The summed E-state index contributed by atoms with van der Waals surface area (Å²) in [6.07, 6.45) is 0. The normalized spacial score (nSPS) is 11.2. The Hall–Kier alpha value is -9.45. The summed E-state index contributed by atoms with van der Waals surface area (Å²) in [7, 11) is 0. The van der Waals surface area contributed by atoms with Crippen LogP contribution in [0, 0.1) is 118 Å². The second-order valence-corrected chi connectivity index (χ2v) is 16.7. The average molecular weight is 1090 g/mol. The van der Waals surface area contributed by atoms with Crippen molar-refractivity contribution < 1.29 is 89.2 Å². The minimum Gasteiger partial charge on any atom is -0.456 e. The lowest BCUT2D eigenvalue weighted by atomic mass is 9.99. The summed E-state index contributed by atoms with van der Waals surface area (Å²) in [6.45, 7) is 1.26. The minimum atomic E-state index is -2.39. The van der Waals surface area contributed by atoms with Gasteiger partial charge in [0.05, 0.1) is 22.3 Å². The van der Waals surface area contributed by atoms with Gasteiger partial charge < -0.3 is 18.9 Å². The highest BCUT2D eigenvalue weighted by atomic mass is 19.2. The standard InChI is InChI=1S/C57H25F16NO4/c1-23-40(58)44(62)36(45(63)41(23)59)38-48(66)52(70)56(53(71)49(38)67)77-31-18-10-27(11-19-31)25-6-14-29(15-7-25)75-34-4-3-5-35(33(34)22-74)76-30-16-8-26(9-17-30)28-12-20-32(21-13-28)78-57-54(72)50(68)39(51(69)55(57)73)37-46(64)42(60)24(2)43(61)47(37)65/h3-21H,1-2H3. The lowest BCUT2D eigenvalue weighted by molar-refractivity contribution is 0.366. The van der Waals surface area contributed by atoms with Gasteiger partial charge in [-0.05, 0) is 96.8 Å². The van der Waals surface area contributed by atoms with Gasteiger partial charge in [0.25, 0.3) is 0 Å². The van der Waals surface area contributed by atoms with Gasteiger partial charge in [-0.25, -0.2) is 52.7 Å². The lowest BCUT2D eigenvalue weighted by Crippen LogP contribution is -2.09. The van der Waals surface area contributed by atoms with Crippen LogP contribution < -0.4 is 18.9 Å². The Morgan fingerprint density at radius 2 is 0.500 bits per heavy atom. The van der Waals surface area contributed by atoms with Gasteiger partial charge in [0.2, 0.25) is 34.8 Å². The third-order valence-corrected chi connectivity index (χ3v) is 12.0. The molecule has 0 fully saturated rings. The van der Waals surface area contributed by atoms with Crippen molar-refractivity contribution in [2.24, 2.45) is 0 Å². The van der Waals surface area contributed by atoms with Crippen LogP contribution in [0.3, 0.4) is 0 Å². The van der Waals surface area contributed by atoms with E-state index in [4.69, 9.17) is 18.9 Å². The molecule has 0 radical (unpaired) electrons. The zero-order chi connectivity index (χ0) is 56.2. The van der Waals surface area contributed by atoms with E-state index in [1.165, 1.54) is 60.7 Å². The molecule has 0 heterocycles. The molecule has 9 aromatic carbocycles. The Morgan fingerprint density at radius 1 is 0.282 bits per heavy atom. The molecular formula is C57H25F16NO4. The monoisotopic (exact) mass is 1090 g/mol. The molecule has 0 amide bonds. The van der Waals surface area contributed by atoms with Gasteiger partial charge in [-0.2, -0.15) is 22.8 Å². The molecule has 0 aliphatic rings. The summed E-state index contributed by atoms with van der Waals surface area (Å²) < 4.78 is 258. The first-order valence-electron chi connectivity index (χ1n) is 22.2. The van der Waals surface area contributed by atoms with Crippen molar-refractivity contribution in [3.05, 3.63) is 225 Å². The Morgan fingerprint density at radius 3 is 0.731 bits per heavy atom. The van der Waals surface area contributed by atoms with E-state index in [-0.39, 0.29) is 40.1 Å². The SMILES string of the molecule is Cc1c(F)c(F)c(-c2c(F)c(F)c(Oc3ccc(-c4ccc(Oc5cccc(Oc6ccc(-c7ccc(Oc8c(F)c(F)c(-c9c(F)c(F)c(C)c(F)c9F)c(F)c8F)cc7)cc6)c5C#N)cc4)cc3)c(F)c2F)c(F)c1F. The highest BCUT2D eigenvalue weighted by Crippen LogP contribution is 2.44. The maximum atomic E-state index is 15.1. The molecule has 0 aliphatic carbocycles. The van der Waals surface area contributed by atoms with Crippen molar-refractivity contribution in [2.75, 3.05) is 0 Å². The summed E-state index contributed by atoms with van der Waals surface area (Å²) >= 11 is 0. The Balaban J connectivity index is 0.850. The third-order valence-electron chi connectivity index (χ3n) is 12.0. The fourth-order valence-corrected chi connectivity index (χ4v) is 7.91. The molecule has 0 N–H and O–H groups in total. The number of hydrogen-bond acceptors (Lipinski definition) is 5. The zero-order valence-corrected chi connectivity index (χ0v) is 39.1. The molecule has 0 aromatic heterocycles. The molecule has 9 aromatic rings. The highest BCUT2D eigenvalue weighted by molar-refractivity contribution is 5.71. The second kappa shape index (κ2) is 20.9. The van der Waals surface area contributed by atoms with Crippen LogP contribution in [0.15, 0.2) is 115 Å². The van der Waals surface area contributed by atoms with E-state index in [0.717, 1.165) is 24.3 Å². The minimum absolute atomic E-state index is 0.0177. The Kier molecular flexibility index (Phi) is 14.3. The first kappa shape index (κ1) is 53.4. The molecule has 0 unspecified atom stereocenters. The number of nitriles is 1. The Labute approximate surface area is 428 Å². The molecule has 0 saturated heterocycles. The van der Waals surface area contributed by atoms with Crippen LogP contribution in [0.1, 0.15) is 16.7 Å². The van der Waals surface area contributed by atoms with Crippen LogP contribution in [-0.4, -0.2) is 0 Å². The fourth-order valence-electron chi connectivity index (χ4n) is 7.91. The van der Waals surface area contributed by atoms with Crippen LogP contribution in [0.25, 0.3) is 44.5 Å². The highest BCUT2D eigenvalue weighted by Gasteiger charge is 2.36. The van der Waals surface area contributed by atoms with E-state index in [1.807, 2.05) is 6.07 Å². The molecule has 0 bridgehead atoms. The summed E-state index contributed by atoms with van der Waals surface area (Å²) in [6, 6.07) is 29.3. The fraction of sp³-hybridized carbons (Fsp3) is 0.0351. The summed E-state index contributed by atoms with van der Waals surface area (Å²) in [5.74, 6) is -39.3. The van der Waals surface area contributed by atoms with Gasteiger partial charge in [-0.15, -0.1) is 0 Å². The van der Waals surface area contributed by atoms with E-state index in [9.17, 15) is 40.4 Å². The smallest absolute Gasteiger partial charge is 0.205 e. The summed E-state index contributed by atoms with van der Waals surface area (Å²) in [4.78, 5) is 0. The summed E-state index contributed by atoms with van der Waals surface area (Å²) in [5, 5.41) is 10.1. The van der Waals surface area contributed by atoms with Crippen LogP contribution >= 0.6 is 0 Å². The molecule has 5 nitrogen and oxygen atoms in total. The molecule has 0 saturated carbocycles. The van der Waals surface area contributed by atoms with Crippen LogP contribution in [0.5, 0.6) is 46.0 Å². The first-order chi connectivity index (χ1) is 37.1. The van der Waals surface area contributed by atoms with E-state index < -0.39 is 138 Å². The van der Waals surface area contributed by atoms with Gasteiger partial charge in [0.1, 0.15) is 46.1 Å². The first-order valence-corrected chi connectivity index (χ1v) is 22.2. The van der Waals surface area contributed by atoms with E-state index in [2.05, 4.69) is 0 Å². The van der Waals surface area contributed by atoms with Crippen molar-refractivity contribution >= 4 is 0 Å². The van der Waals surface area contributed by atoms with Gasteiger partial charge in [0.15, 0.2) is 69.8 Å². The van der Waals surface area contributed by atoms with E-state index in [1.54, 1.807) is 30.3 Å². The van der Waals surface area contributed by atoms with Crippen LogP contribution in [-0.2, 0) is 0 Å². The van der Waals surface area contributed by atoms with Crippen molar-refractivity contribution in [3.63, 3.8) is 0 Å². The third kappa shape index (κ3) is 9.39. The van der Waals surface area contributed by atoms with Crippen molar-refractivity contribution in [1.29, 1.82) is 5.26 Å². The van der Waals surface area contributed by atoms with Gasteiger partial charge >= 0.3 is 0 Å². The Bertz CT molecular complexity index is 3580. The summed E-state index contributed by atoms with van der Waals surface area (Å²) in [5.41, 5.74) is -8.43. The predicted molar refractivity (Wildman–Crippen MR) is 248 cm³/mol. The largest absolute Gasteiger partial charge is 0.456 e. The number of nitrogens with zero attached hydrogens (tertiary/aromatic N) is 1. The maximum Gasteiger partial charge on any atom is 0.205 e. The number of hydrogen-bond donors (Lipinski definition) is 0. The van der Waals surface area contributed by atoms with Gasteiger partial charge in [0, 0.05) is 11.1 Å². The molecule has 9 rings (SSSR count). The van der Waals surface area contributed by atoms with Crippen molar-refractivity contribution in [2.45, 2.75) is 13.8 Å². The molecule has 0 atom stereocenters. The molecule has 394 valence electrons. The molecular weight excluding hydrogens is 1070 g/mol. The lowest BCUT2D eigenvalue weighted by Gasteiger charge is -2.15. The predicted octanol–water partition coefficient (Wildman–Crippen LogP) is 18.2. The van der Waals surface area contributed by atoms with E-state index >= 15 is 35.1 Å². The van der Waals surface area contributed by atoms with Gasteiger partial charge in [-0.1, -0.05) is 54.6 Å². The van der Waals surface area contributed by atoms with Crippen molar-refractivity contribution in [1.82, 2.24) is 0 Å². The number of halogens is 16. The quantitative estimate of drug-likeness (QED) is 0.0901. The number of ether oxygens (including phenoxy) is 4. The molecule has 78 heavy (non-hydrogen) atoms. The number of benzene rings is 9. The second-order valence-electron chi connectivity index (χ2n) is 16.7. The van der Waals surface area contributed by atoms with Crippen LogP contribution in [0.4, 0.5) is 70.2 Å². The van der Waals surface area contributed by atoms with Crippen molar-refractivity contribution in [3.8, 4) is 96.6 Å². The zero-order valence-electron chi connectivity index (χ0n) is 39.1. The van der Waals surface area contributed by atoms with Gasteiger partial charge in [-0.3, -0.25) is 0 Å². The number of rotatable bonds is 12. The van der Waals surface area contributed by atoms with E-state index in [0.29, 0.717) is 36.1 Å². The molecule has 0 aliphatic heterocycles. The topological polar surface area (TPSA) is 60.7 Å².